The molecule has 3 rings (SSSR count). The van der Waals surface area contributed by atoms with Gasteiger partial charge in [-0.3, -0.25) is 23.4 Å². The average Bonchev–Trinajstić information content (AvgIpc) is 3.14. The standard InChI is InChI=1S/C17H28N5O7P/c1-6-27-30(24,25)29-11-9(7-17(2,3)4)28-15(12(11)26-5)22-8-19-10-13(22)20-16(18)21-14(10)23/h8-9,11-12,15H,6-7H2,1-5H3,(H,24,25)(H3,18,20,21,23)/t9-,11?,12?,15-/m1/s1. The van der Waals surface area contributed by atoms with Crippen molar-refractivity contribution in [3.05, 3.63) is 16.7 Å². The zero-order chi connectivity index (χ0) is 22.3. The summed E-state index contributed by atoms with van der Waals surface area (Å²) in [5.74, 6) is -0.0727. The molecule has 2 aromatic rings. The third-order valence-corrected chi connectivity index (χ3v) is 5.74. The highest BCUT2D eigenvalue weighted by Crippen LogP contribution is 2.50. The van der Waals surface area contributed by atoms with E-state index in [4.69, 9.17) is 24.3 Å². The van der Waals surface area contributed by atoms with Crippen LogP contribution in [-0.2, 0) is 23.1 Å². The lowest BCUT2D eigenvalue weighted by Gasteiger charge is -2.28. The highest BCUT2D eigenvalue weighted by atomic mass is 31.2. The summed E-state index contributed by atoms with van der Waals surface area (Å²) in [6.45, 7) is 7.63. The highest BCUT2D eigenvalue weighted by Gasteiger charge is 2.51. The number of phosphoric ester groups is 1. The zero-order valence-corrected chi connectivity index (χ0v) is 18.5. The summed E-state index contributed by atoms with van der Waals surface area (Å²) in [7, 11) is -2.90. The largest absolute Gasteiger partial charge is 0.472 e. The van der Waals surface area contributed by atoms with Gasteiger partial charge in [-0.25, -0.2) is 9.55 Å². The number of nitrogens with one attached hydrogen (secondary N) is 1. The Labute approximate surface area is 173 Å². The first-order chi connectivity index (χ1) is 14.0. The Morgan fingerprint density at radius 1 is 1.40 bits per heavy atom. The molecular weight excluding hydrogens is 417 g/mol. The van der Waals surface area contributed by atoms with Crippen LogP contribution in [0.25, 0.3) is 11.2 Å². The van der Waals surface area contributed by atoms with Crippen molar-refractivity contribution in [3.63, 3.8) is 0 Å². The molecule has 5 atom stereocenters. The molecule has 2 aromatic heterocycles. The number of imidazole rings is 1. The molecule has 0 radical (unpaired) electrons. The van der Waals surface area contributed by atoms with Crippen molar-refractivity contribution in [1.29, 1.82) is 0 Å². The molecule has 1 aliphatic rings. The molecule has 0 bridgehead atoms. The summed E-state index contributed by atoms with van der Waals surface area (Å²) in [5, 5.41) is 0. The molecule has 30 heavy (non-hydrogen) atoms. The Morgan fingerprint density at radius 2 is 2.10 bits per heavy atom. The van der Waals surface area contributed by atoms with Crippen LogP contribution in [0.15, 0.2) is 11.1 Å². The first-order valence-corrected chi connectivity index (χ1v) is 11.0. The Kier molecular flexibility index (Phi) is 6.38. The maximum Gasteiger partial charge on any atom is 0.472 e. The van der Waals surface area contributed by atoms with Crippen molar-refractivity contribution in [3.8, 4) is 0 Å². The smallest absolute Gasteiger partial charge is 0.374 e. The van der Waals surface area contributed by atoms with Gasteiger partial charge in [0.15, 0.2) is 17.4 Å². The van der Waals surface area contributed by atoms with Gasteiger partial charge >= 0.3 is 7.82 Å². The van der Waals surface area contributed by atoms with Crippen LogP contribution in [0.4, 0.5) is 5.95 Å². The van der Waals surface area contributed by atoms with Crippen LogP contribution in [0.2, 0.25) is 0 Å². The Bertz CT molecular complexity index is 1000. The van der Waals surface area contributed by atoms with E-state index >= 15 is 0 Å². The van der Waals surface area contributed by atoms with Gasteiger partial charge in [0.05, 0.1) is 19.0 Å². The number of nitrogen functional groups attached to an aromatic ring is 1. The van der Waals surface area contributed by atoms with E-state index in [0.29, 0.717) is 6.42 Å². The third kappa shape index (κ3) is 4.74. The lowest BCUT2D eigenvalue weighted by molar-refractivity contribution is -0.0549. The quantitative estimate of drug-likeness (QED) is 0.533. The number of anilines is 1. The fourth-order valence-electron chi connectivity index (χ4n) is 3.55. The molecule has 12 nitrogen and oxygen atoms in total. The first-order valence-electron chi connectivity index (χ1n) is 9.52. The van der Waals surface area contributed by atoms with Crippen LogP contribution in [0.5, 0.6) is 0 Å². The van der Waals surface area contributed by atoms with Gasteiger partial charge < -0.3 is 20.1 Å². The van der Waals surface area contributed by atoms with Crippen LogP contribution >= 0.6 is 7.82 Å². The van der Waals surface area contributed by atoms with Crippen molar-refractivity contribution in [1.82, 2.24) is 19.5 Å². The lowest BCUT2D eigenvalue weighted by Crippen LogP contribution is -2.37. The zero-order valence-electron chi connectivity index (χ0n) is 17.6. The molecule has 1 aliphatic heterocycles. The first kappa shape index (κ1) is 22.9. The minimum atomic E-state index is -4.34. The monoisotopic (exact) mass is 445 g/mol. The number of ether oxygens (including phenoxy) is 2. The molecule has 168 valence electrons. The molecule has 3 unspecified atom stereocenters. The Balaban J connectivity index is 2.03. The molecule has 4 N–H and O–H groups in total. The number of aromatic amines is 1. The predicted octanol–water partition coefficient (Wildman–Crippen LogP) is 1.57. The van der Waals surface area contributed by atoms with E-state index in [1.54, 1.807) is 6.92 Å². The Morgan fingerprint density at radius 3 is 2.70 bits per heavy atom. The summed E-state index contributed by atoms with van der Waals surface area (Å²) in [6, 6.07) is 0. The molecule has 13 heteroatoms. The summed E-state index contributed by atoms with van der Waals surface area (Å²) in [4.78, 5) is 32.8. The summed E-state index contributed by atoms with van der Waals surface area (Å²) in [6.07, 6.45) is -1.26. The van der Waals surface area contributed by atoms with Gasteiger partial charge in [0.2, 0.25) is 5.95 Å². The summed E-state index contributed by atoms with van der Waals surface area (Å²) in [5.41, 5.74) is 5.30. The number of nitrogens with two attached hydrogens (primary N) is 1. The molecule has 0 aromatic carbocycles. The molecule has 0 spiro atoms. The Hall–Kier alpha value is -1.82. The minimum absolute atomic E-state index is 0.00447. The second kappa shape index (κ2) is 8.37. The van der Waals surface area contributed by atoms with Crippen LogP contribution in [-0.4, -0.2) is 56.4 Å². The van der Waals surface area contributed by atoms with Gasteiger partial charge in [0.25, 0.3) is 5.56 Å². The van der Waals surface area contributed by atoms with Gasteiger partial charge in [0, 0.05) is 7.11 Å². The number of nitrogens with zero attached hydrogens (tertiary/aromatic N) is 3. The number of aromatic nitrogens is 4. The van der Waals surface area contributed by atoms with Gasteiger partial charge in [-0.15, -0.1) is 0 Å². The lowest BCUT2D eigenvalue weighted by atomic mass is 9.87. The topological polar surface area (TPSA) is 164 Å². The molecule has 1 fully saturated rings. The van der Waals surface area contributed by atoms with E-state index in [2.05, 4.69) is 15.0 Å². The number of rotatable bonds is 7. The normalized spacial score (nSPS) is 26.9. The van der Waals surface area contributed by atoms with Crippen molar-refractivity contribution >= 4 is 24.9 Å². The molecule has 3 heterocycles. The maximum absolute atomic E-state index is 12.3. The number of hydrogen-bond acceptors (Lipinski definition) is 9. The predicted molar refractivity (Wildman–Crippen MR) is 108 cm³/mol. The fraction of sp³-hybridized carbons (Fsp3) is 0.706. The van der Waals surface area contributed by atoms with Crippen LogP contribution in [0.3, 0.4) is 0 Å². The molecule has 0 aliphatic carbocycles. The van der Waals surface area contributed by atoms with Crippen molar-refractivity contribution in [2.45, 2.75) is 58.7 Å². The van der Waals surface area contributed by atoms with Gasteiger partial charge in [0.1, 0.15) is 12.2 Å². The molecule has 0 amide bonds. The SMILES string of the molecule is CCOP(=O)(O)OC1C(OC)[C@H](n2cnc3c(=O)[nH]c(N)nc32)O[C@@H]1CC(C)(C)C. The number of hydrogen-bond donors (Lipinski definition) is 3. The van der Waals surface area contributed by atoms with Crippen LogP contribution in [0, 0.1) is 5.41 Å². The summed E-state index contributed by atoms with van der Waals surface area (Å²) >= 11 is 0. The third-order valence-electron chi connectivity index (χ3n) is 4.64. The van der Waals surface area contributed by atoms with Crippen molar-refractivity contribution in [2.75, 3.05) is 19.5 Å². The van der Waals surface area contributed by atoms with E-state index < -0.39 is 37.9 Å². The summed E-state index contributed by atoms with van der Waals surface area (Å²) < 4.78 is 36.0. The number of phosphoric acid groups is 1. The van der Waals surface area contributed by atoms with Gasteiger partial charge in [-0.2, -0.15) is 4.98 Å². The van der Waals surface area contributed by atoms with Crippen molar-refractivity contribution < 1.29 is 28.0 Å². The fourth-order valence-corrected chi connectivity index (χ4v) is 4.51. The van der Waals surface area contributed by atoms with Gasteiger partial charge in [-0.05, 0) is 18.8 Å². The maximum atomic E-state index is 12.3. The van der Waals surface area contributed by atoms with Crippen LogP contribution in [0.1, 0.15) is 40.3 Å². The van der Waals surface area contributed by atoms with E-state index in [9.17, 15) is 14.3 Å². The van der Waals surface area contributed by atoms with Crippen molar-refractivity contribution in [2.24, 2.45) is 5.41 Å². The second-order valence-corrected chi connectivity index (χ2v) is 9.67. The van der Waals surface area contributed by atoms with E-state index in [0.717, 1.165) is 0 Å². The van der Waals surface area contributed by atoms with E-state index in [1.807, 2.05) is 20.8 Å². The highest BCUT2D eigenvalue weighted by molar-refractivity contribution is 7.47. The number of methoxy groups -OCH3 is 1. The number of fused-ring (bicyclic) bond motifs is 1. The van der Waals surface area contributed by atoms with Crippen LogP contribution < -0.4 is 11.3 Å². The van der Waals surface area contributed by atoms with Gasteiger partial charge in [-0.1, -0.05) is 20.8 Å². The molecule has 1 saturated heterocycles. The van der Waals surface area contributed by atoms with E-state index in [-0.39, 0.29) is 29.1 Å². The molecular formula is C17H28N5O7P. The molecule has 0 saturated carbocycles. The minimum Gasteiger partial charge on any atom is -0.374 e. The van der Waals surface area contributed by atoms with E-state index in [1.165, 1.54) is 18.0 Å². The average molecular weight is 445 g/mol. The number of H-pyrrole nitrogens is 1. The second-order valence-electron chi connectivity index (χ2n) is 8.26.